The molecule has 43 heavy (non-hydrogen) atoms. The molecule has 1 heterocycles. The molecule has 1 fully saturated rings. The maximum Gasteiger partial charge on any atom is 0.264 e. The van der Waals surface area contributed by atoms with Gasteiger partial charge in [-0.15, -0.1) is 0 Å². The smallest absolute Gasteiger partial charge is 0.264 e. The second-order valence-corrected chi connectivity index (χ2v) is 13.4. The molecule has 3 aromatic carbocycles. The van der Waals surface area contributed by atoms with Gasteiger partial charge in [0.2, 0.25) is 11.8 Å². The molecule has 0 aromatic heterocycles. The fraction of sp³-hybridized carbons (Fsp3) is 0.355. The molecule has 0 bridgehead atoms. The number of amides is 2. The fourth-order valence-electron chi connectivity index (χ4n) is 5.21. The van der Waals surface area contributed by atoms with E-state index in [-0.39, 0.29) is 41.4 Å². The molecule has 1 saturated carbocycles. The Kier molecular flexibility index (Phi) is 9.55. The van der Waals surface area contributed by atoms with Crippen molar-refractivity contribution in [3.8, 4) is 11.5 Å². The first kappa shape index (κ1) is 30.8. The third kappa shape index (κ3) is 7.30. The molecule has 9 nitrogen and oxygen atoms in total. The van der Waals surface area contributed by atoms with E-state index >= 15 is 0 Å². The number of ether oxygens (including phenoxy) is 2. The topological polar surface area (TPSA) is 105 Å². The van der Waals surface area contributed by atoms with Crippen molar-refractivity contribution < 1.29 is 31.9 Å². The van der Waals surface area contributed by atoms with Crippen molar-refractivity contribution in [1.82, 2.24) is 10.2 Å². The first-order valence-corrected chi connectivity index (χ1v) is 16.4. The third-order valence-corrected chi connectivity index (χ3v) is 9.93. The third-order valence-electron chi connectivity index (χ3n) is 7.63. The average molecular weight is 675 g/mol. The van der Waals surface area contributed by atoms with Crippen LogP contribution in [-0.4, -0.2) is 57.0 Å². The molecule has 2 amide bonds. The van der Waals surface area contributed by atoms with Crippen LogP contribution in [0.15, 0.2) is 76.1 Å². The highest BCUT2D eigenvalue weighted by molar-refractivity contribution is 9.10. The summed E-state index contributed by atoms with van der Waals surface area (Å²) in [7, 11) is -4.35. The Hall–Kier alpha value is -3.64. The first-order valence-electron chi connectivity index (χ1n) is 14.1. The number of nitrogens with one attached hydrogen (secondary N) is 1. The average Bonchev–Trinajstić information content (AvgIpc) is 3.52. The van der Waals surface area contributed by atoms with Crippen molar-refractivity contribution in [2.45, 2.75) is 56.1 Å². The van der Waals surface area contributed by atoms with Crippen LogP contribution in [0.2, 0.25) is 0 Å². The predicted molar refractivity (Wildman–Crippen MR) is 163 cm³/mol. The van der Waals surface area contributed by atoms with Gasteiger partial charge in [-0.25, -0.2) is 12.8 Å². The quantitative estimate of drug-likeness (QED) is 0.324. The molecule has 3 aromatic rings. The Labute approximate surface area is 259 Å². The Morgan fingerprint density at radius 3 is 2.30 bits per heavy atom. The van der Waals surface area contributed by atoms with Gasteiger partial charge >= 0.3 is 0 Å². The second kappa shape index (κ2) is 13.3. The van der Waals surface area contributed by atoms with Gasteiger partial charge in [0.15, 0.2) is 11.5 Å². The van der Waals surface area contributed by atoms with Gasteiger partial charge in [0.1, 0.15) is 31.6 Å². The molecule has 5 rings (SSSR count). The second-order valence-electron chi connectivity index (χ2n) is 10.6. The van der Waals surface area contributed by atoms with E-state index in [1.807, 2.05) is 24.3 Å². The number of benzene rings is 3. The van der Waals surface area contributed by atoms with Gasteiger partial charge < -0.3 is 19.7 Å². The van der Waals surface area contributed by atoms with Crippen molar-refractivity contribution in [2.24, 2.45) is 0 Å². The molecule has 2 aliphatic rings. The van der Waals surface area contributed by atoms with E-state index in [0.717, 1.165) is 52.2 Å². The lowest BCUT2D eigenvalue weighted by Crippen LogP contribution is -2.52. The molecule has 0 spiro atoms. The number of carbonyl (C=O) groups excluding carboxylic acids is 2. The van der Waals surface area contributed by atoms with Crippen LogP contribution in [0.1, 0.15) is 38.2 Å². The number of nitrogens with zero attached hydrogens (tertiary/aromatic N) is 2. The Morgan fingerprint density at radius 1 is 0.977 bits per heavy atom. The molecule has 12 heteroatoms. The minimum Gasteiger partial charge on any atom is -0.486 e. The summed E-state index contributed by atoms with van der Waals surface area (Å²) >= 11 is 3.41. The van der Waals surface area contributed by atoms with Crippen LogP contribution in [0.3, 0.4) is 0 Å². The highest BCUT2D eigenvalue weighted by atomic mass is 79.9. The van der Waals surface area contributed by atoms with E-state index in [0.29, 0.717) is 12.4 Å². The van der Waals surface area contributed by atoms with E-state index < -0.39 is 34.3 Å². The molecular formula is C31H33BrFN3O6S. The van der Waals surface area contributed by atoms with Crippen molar-refractivity contribution >= 4 is 43.5 Å². The van der Waals surface area contributed by atoms with E-state index in [2.05, 4.69) is 21.2 Å². The SMILES string of the molecule is CC(C(=O)NC1CCCC1)N(Cc1ccc(Br)cc1)C(=O)CN(c1ccc(F)cc1)S(=O)(=O)c1ccc2c(c1)OCCO2. The summed E-state index contributed by atoms with van der Waals surface area (Å²) in [6.45, 7) is 1.70. The maximum absolute atomic E-state index is 14.1. The number of hydrogen-bond donors (Lipinski definition) is 1. The number of sulfonamides is 1. The standard InChI is InChI=1S/C31H33BrFN3O6S/c1-21(31(38)34-25-4-2-3-5-25)35(19-22-6-8-23(32)9-7-22)30(37)20-36(26-12-10-24(33)11-13-26)43(39,40)27-14-15-28-29(18-27)42-17-16-41-28/h6-15,18,21,25H,2-5,16-17,19-20H2,1H3,(H,34,38). The van der Waals surface area contributed by atoms with Crippen molar-refractivity contribution in [1.29, 1.82) is 0 Å². The number of fused-ring (bicyclic) bond motifs is 1. The van der Waals surface area contributed by atoms with Crippen LogP contribution in [0.25, 0.3) is 0 Å². The molecule has 228 valence electrons. The Balaban J connectivity index is 1.48. The Bertz CT molecular complexity index is 1560. The minimum absolute atomic E-state index is 0.0471. The molecular weight excluding hydrogens is 641 g/mol. The molecule has 1 aliphatic carbocycles. The van der Waals surface area contributed by atoms with E-state index in [1.54, 1.807) is 6.92 Å². The number of rotatable bonds is 10. The summed E-state index contributed by atoms with van der Waals surface area (Å²) < 4.78 is 54.9. The van der Waals surface area contributed by atoms with Gasteiger partial charge in [-0.3, -0.25) is 13.9 Å². The molecule has 0 radical (unpaired) electrons. The molecule has 1 aliphatic heterocycles. The number of anilines is 1. The van der Waals surface area contributed by atoms with E-state index in [4.69, 9.17) is 9.47 Å². The van der Waals surface area contributed by atoms with Crippen molar-refractivity contribution in [3.05, 3.63) is 82.6 Å². The zero-order chi connectivity index (χ0) is 30.6. The van der Waals surface area contributed by atoms with E-state index in [9.17, 15) is 22.4 Å². The van der Waals surface area contributed by atoms with Crippen LogP contribution < -0.4 is 19.1 Å². The zero-order valence-electron chi connectivity index (χ0n) is 23.7. The summed E-state index contributed by atoms with van der Waals surface area (Å²) in [6, 6.07) is 15.6. The normalized spacial score (nSPS) is 15.5. The van der Waals surface area contributed by atoms with Gasteiger partial charge in [0.05, 0.1) is 10.6 Å². The van der Waals surface area contributed by atoms with Gasteiger partial charge in [-0.2, -0.15) is 0 Å². The van der Waals surface area contributed by atoms with Crippen molar-refractivity contribution in [2.75, 3.05) is 24.1 Å². The fourth-order valence-corrected chi connectivity index (χ4v) is 6.90. The highest BCUT2D eigenvalue weighted by Gasteiger charge is 2.34. The first-order chi connectivity index (χ1) is 20.6. The summed E-state index contributed by atoms with van der Waals surface area (Å²) in [5, 5.41) is 3.05. The lowest BCUT2D eigenvalue weighted by atomic mass is 10.1. The number of halogens is 2. The van der Waals surface area contributed by atoms with Gasteiger partial charge in [0.25, 0.3) is 10.0 Å². The number of carbonyl (C=O) groups is 2. The Morgan fingerprint density at radius 2 is 1.63 bits per heavy atom. The monoisotopic (exact) mass is 673 g/mol. The van der Waals surface area contributed by atoms with Crippen LogP contribution in [0, 0.1) is 5.82 Å². The lowest BCUT2D eigenvalue weighted by molar-refractivity contribution is -0.139. The lowest BCUT2D eigenvalue weighted by Gasteiger charge is -2.32. The summed E-state index contributed by atoms with van der Waals surface area (Å²) in [4.78, 5) is 28.6. The van der Waals surface area contributed by atoms with Crippen LogP contribution in [0.5, 0.6) is 11.5 Å². The highest BCUT2D eigenvalue weighted by Crippen LogP contribution is 2.34. The summed E-state index contributed by atoms with van der Waals surface area (Å²) in [5.41, 5.74) is 0.858. The van der Waals surface area contributed by atoms with Crippen LogP contribution in [0.4, 0.5) is 10.1 Å². The van der Waals surface area contributed by atoms with Crippen molar-refractivity contribution in [3.63, 3.8) is 0 Å². The van der Waals surface area contributed by atoms with Crippen LogP contribution >= 0.6 is 15.9 Å². The summed E-state index contributed by atoms with van der Waals surface area (Å²) in [6.07, 6.45) is 3.83. The number of hydrogen-bond acceptors (Lipinski definition) is 6. The molecule has 1 atom stereocenters. The zero-order valence-corrected chi connectivity index (χ0v) is 26.1. The molecule has 1 unspecified atom stereocenters. The largest absolute Gasteiger partial charge is 0.486 e. The predicted octanol–water partition coefficient (Wildman–Crippen LogP) is 5.03. The molecule has 0 saturated heterocycles. The van der Waals surface area contributed by atoms with Gasteiger partial charge in [-0.05, 0) is 73.9 Å². The van der Waals surface area contributed by atoms with Gasteiger partial charge in [-0.1, -0.05) is 40.9 Å². The maximum atomic E-state index is 14.1. The van der Waals surface area contributed by atoms with Crippen LogP contribution in [-0.2, 0) is 26.2 Å². The van der Waals surface area contributed by atoms with Gasteiger partial charge in [0, 0.05) is 23.1 Å². The summed E-state index contributed by atoms with van der Waals surface area (Å²) in [5.74, 6) is -0.771. The minimum atomic E-state index is -4.35. The van der Waals surface area contributed by atoms with E-state index in [1.165, 1.54) is 35.2 Å². The molecule has 1 N–H and O–H groups in total.